The summed E-state index contributed by atoms with van der Waals surface area (Å²) in [6.07, 6.45) is 3.75. The minimum absolute atomic E-state index is 0.0347. The van der Waals surface area contributed by atoms with Crippen LogP contribution in [0.4, 0.5) is 0 Å². The van der Waals surface area contributed by atoms with Gasteiger partial charge in [0.2, 0.25) is 0 Å². The zero-order valence-corrected chi connectivity index (χ0v) is 4.44. The van der Waals surface area contributed by atoms with Crippen LogP contribution in [0.2, 0.25) is 0 Å². The molecule has 0 saturated heterocycles. The second-order valence-corrected chi connectivity index (χ2v) is 1.18. The van der Waals surface area contributed by atoms with Gasteiger partial charge in [-0.05, 0) is 0 Å². The maximum atomic E-state index is 9.65. The highest BCUT2D eigenvalue weighted by Gasteiger charge is 1.99. The third-order valence-corrected chi connectivity index (χ3v) is 0.647. The van der Waals surface area contributed by atoms with Crippen molar-refractivity contribution in [2.75, 3.05) is 0 Å². The van der Waals surface area contributed by atoms with Crippen molar-refractivity contribution in [2.24, 2.45) is 0 Å². The molecule has 0 saturated carbocycles. The van der Waals surface area contributed by atoms with Crippen LogP contribution in [-0.2, 0) is 19.0 Å². The lowest BCUT2D eigenvalue weighted by Gasteiger charge is -2.04. The molecular weight excluding hydrogens is 124 g/mol. The Hall–Kier alpha value is -1.45. The van der Waals surface area contributed by atoms with Gasteiger partial charge in [-0.1, -0.05) is 0 Å². The number of rotatable bonds is 2. The number of ether oxygens (including phenoxy) is 3. The van der Waals surface area contributed by atoms with Crippen LogP contribution >= 0.6 is 0 Å². The van der Waals surface area contributed by atoms with E-state index in [0.29, 0.717) is 0 Å². The Kier molecular flexibility index (Phi) is 1.74. The largest absolute Gasteiger partial charge is 0.462 e. The monoisotopic (exact) mass is 128 g/mol. The molecule has 0 amide bonds. The fourth-order valence-electron chi connectivity index (χ4n) is 0.353. The molecular formula is C5H4O4. The van der Waals surface area contributed by atoms with E-state index >= 15 is 0 Å². The van der Waals surface area contributed by atoms with Crippen LogP contribution in [0.3, 0.4) is 0 Å². The van der Waals surface area contributed by atoms with Gasteiger partial charge in [0, 0.05) is 0 Å². The lowest BCUT2D eigenvalue weighted by molar-refractivity contribution is -0.129. The summed E-state index contributed by atoms with van der Waals surface area (Å²) in [5, 5.41) is 0. The van der Waals surface area contributed by atoms with Gasteiger partial charge in [-0.15, -0.1) is 0 Å². The summed E-state index contributed by atoms with van der Waals surface area (Å²) in [6, 6.07) is 0. The average Bonchev–Trinajstić information content (AvgIpc) is 1.91. The Morgan fingerprint density at radius 2 is 2.44 bits per heavy atom. The van der Waals surface area contributed by atoms with Crippen LogP contribution in [0, 0.1) is 0 Å². The average molecular weight is 128 g/mol. The van der Waals surface area contributed by atoms with Crippen molar-refractivity contribution in [3.05, 3.63) is 24.7 Å². The molecule has 0 N–H and O–H groups in total. The Morgan fingerprint density at radius 1 is 1.56 bits per heavy atom. The molecule has 1 rings (SSSR count). The maximum absolute atomic E-state index is 9.65. The predicted octanol–water partition coefficient (Wildman–Crippen LogP) is 0.476. The van der Waals surface area contributed by atoms with Gasteiger partial charge in [0.05, 0.1) is 0 Å². The molecule has 0 radical (unpaired) electrons. The van der Waals surface area contributed by atoms with Gasteiger partial charge in [0.15, 0.2) is 6.26 Å². The minimum Gasteiger partial charge on any atom is -0.462 e. The number of hydrogen-bond acceptors (Lipinski definition) is 4. The highest BCUT2D eigenvalue weighted by Crippen LogP contribution is 2.04. The third-order valence-electron chi connectivity index (χ3n) is 0.647. The molecule has 0 spiro atoms. The summed E-state index contributed by atoms with van der Waals surface area (Å²) in [5.41, 5.74) is 0. The van der Waals surface area contributed by atoms with E-state index in [9.17, 15) is 4.79 Å². The summed E-state index contributed by atoms with van der Waals surface area (Å²) in [5.74, 6) is 0.0347. The van der Waals surface area contributed by atoms with Gasteiger partial charge >= 0.3 is 12.4 Å². The van der Waals surface area contributed by atoms with Crippen LogP contribution in [0.5, 0.6) is 0 Å². The Bertz CT molecular complexity index is 154. The Labute approximate surface area is 51.3 Å². The van der Waals surface area contributed by atoms with Crippen LogP contribution in [-0.4, -0.2) is 6.47 Å². The van der Waals surface area contributed by atoms with Gasteiger partial charge in [0.1, 0.15) is 12.5 Å². The summed E-state index contributed by atoms with van der Waals surface area (Å²) >= 11 is 0. The number of carbonyl (C=O) groups excluding carboxylic acids is 1. The number of carbonyl (C=O) groups is 1. The van der Waals surface area contributed by atoms with E-state index < -0.39 is 0 Å². The second-order valence-electron chi connectivity index (χ2n) is 1.18. The van der Waals surface area contributed by atoms with E-state index in [1.165, 1.54) is 18.8 Å². The van der Waals surface area contributed by atoms with E-state index in [-0.39, 0.29) is 12.4 Å². The molecule has 0 aromatic heterocycles. The van der Waals surface area contributed by atoms with Crippen molar-refractivity contribution in [3.63, 3.8) is 0 Å². The standard InChI is InChI=1S/C5H4O4/c6-4-9-5-3-7-1-2-8-5/h1-4H. The molecule has 4 nitrogen and oxygen atoms in total. The predicted molar refractivity (Wildman–Crippen MR) is 26.5 cm³/mol. The van der Waals surface area contributed by atoms with E-state index in [2.05, 4.69) is 14.2 Å². The van der Waals surface area contributed by atoms with Gasteiger partial charge in [0.25, 0.3) is 0 Å². The van der Waals surface area contributed by atoms with Crippen molar-refractivity contribution < 1.29 is 19.0 Å². The fraction of sp³-hybridized carbons (Fsp3) is 0. The van der Waals surface area contributed by atoms with Gasteiger partial charge in [-0.25, -0.2) is 0 Å². The van der Waals surface area contributed by atoms with E-state index in [1.54, 1.807) is 0 Å². The molecule has 1 heterocycles. The highest BCUT2D eigenvalue weighted by molar-refractivity contribution is 5.39. The van der Waals surface area contributed by atoms with Crippen molar-refractivity contribution in [1.82, 2.24) is 0 Å². The highest BCUT2D eigenvalue weighted by atomic mass is 16.7. The molecule has 9 heavy (non-hydrogen) atoms. The normalized spacial score (nSPS) is 14.9. The van der Waals surface area contributed by atoms with Crippen molar-refractivity contribution >= 4 is 6.47 Å². The minimum atomic E-state index is 0.0347. The van der Waals surface area contributed by atoms with Crippen LogP contribution in [0.25, 0.3) is 0 Å². The van der Waals surface area contributed by atoms with Crippen molar-refractivity contribution in [2.45, 2.75) is 0 Å². The lowest BCUT2D eigenvalue weighted by Crippen LogP contribution is -1.95. The van der Waals surface area contributed by atoms with Crippen LogP contribution < -0.4 is 0 Å². The molecule has 1 aliphatic heterocycles. The van der Waals surface area contributed by atoms with E-state index in [1.807, 2.05) is 0 Å². The van der Waals surface area contributed by atoms with Crippen molar-refractivity contribution in [3.8, 4) is 0 Å². The smallest absolute Gasteiger partial charge is 0.328 e. The molecule has 0 atom stereocenters. The first kappa shape index (κ1) is 5.68. The summed E-state index contributed by atoms with van der Waals surface area (Å²) in [6.45, 7) is 0.258. The van der Waals surface area contributed by atoms with E-state index in [0.717, 1.165) is 0 Å². The molecule has 0 fully saturated rings. The number of hydrogen-bond donors (Lipinski definition) is 0. The first-order valence-corrected chi connectivity index (χ1v) is 2.21. The van der Waals surface area contributed by atoms with Crippen LogP contribution in [0.1, 0.15) is 0 Å². The summed E-state index contributed by atoms with van der Waals surface area (Å²) in [7, 11) is 0. The topological polar surface area (TPSA) is 44.8 Å². The Morgan fingerprint density at radius 3 is 3.00 bits per heavy atom. The molecule has 0 aromatic rings. The third kappa shape index (κ3) is 1.49. The molecule has 0 aromatic carbocycles. The zero-order valence-electron chi connectivity index (χ0n) is 4.44. The fourth-order valence-corrected chi connectivity index (χ4v) is 0.353. The summed E-state index contributed by atoms with van der Waals surface area (Å²) < 4.78 is 13.5. The molecule has 1 aliphatic rings. The second kappa shape index (κ2) is 2.76. The first-order valence-electron chi connectivity index (χ1n) is 2.21. The van der Waals surface area contributed by atoms with Gasteiger partial charge in [-0.2, -0.15) is 0 Å². The zero-order chi connectivity index (χ0) is 6.53. The first-order chi connectivity index (χ1) is 4.43. The van der Waals surface area contributed by atoms with Gasteiger partial charge in [-0.3, -0.25) is 4.79 Å². The van der Waals surface area contributed by atoms with Crippen LogP contribution in [0.15, 0.2) is 24.7 Å². The summed E-state index contributed by atoms with van der Waals surface area (Å²) in [4.78, 5) is 9.65. The lowest BCUT2D eigenvalue weighted by atomic mass is 10.8. The maximum Gasteiger partial charge on any atom is 0.328 e. The molecule has 0 bridgehead atoms. The van der Waals surface area contributed by atoms with Gasteiger partial charge < -0.3 is 14.2 Å². The quantitative estimate of drug-likeness (QED) is 0.507. The molecule has 0 unspecified atom stereocenters. The Balaban J connectivity index is 2.40. The SMILES string of the molecule is O=COC1=COC=CO1. The molecule has 0 aliphatic carbocycles. The van der Waals surface area contributed by atoms with Crippen molar-refractivity contribution in [1.29, 1.82) is 0 Å². The van der Waals surface area contributed by atoms with E-state index in [4.69, 9.17) is 0 Å². The molecule has 48 valence electrons. The molecule has 4 heteroatoms.